The van der Waals surface area contributed by atoms with Gasteiger partial charge in [-0.1, -0.05) is 30.3 Å². The van der Waals surface area contributed by atoms with Crippen molar-refractivity contribution in [3.05, 3.63) is 59.7 Å². The number of esters is 1. The Bertz CT molecular complexity index is 603. The summed E-state index contributed by atoms with van der Waals surface area (Å²) in [6, 6.07) is 15.3. The summed E-state index contributed by atoms with van der Waals surface area (Å²) >= 11 is 0. The van der Waals surface area contributed by atoms with E-state index in [0.29, 0.717) is 5.75 Å². The van der Waals surface area contributed by atoms with Crippen LogP contribution in [0.4, 0.5) is 5.69 Å². The second-order valence-electron chi connectivity index (χ2n) is 4.21. The van der Waals surface area contributed by atoms with Crippen LogP contribution < -0.4 is 4.74 Å². The first kappa shape index (κ1) is 13.0. The predicted molar refractivity (Wildman–Crippen MR) is 76.2 cm³/mol. The number of benzene rings is 2. The fourth-order valence-electron chi connectivity index (χ4n) is 1.69. The molecule has 19 heavy (non-hydrogen) atoms. The number of carbonyl (C=O) groups is 1. The molecule has 0 spiro atoms. The molecule has 0 fully saturated rings. The van der Waals surface area contributed by atoms with Crippen LogP contribution in [0.15, 0.2) is 53.5 Å². The van der Waals surface area contributed by atoms with Crippen molar-refractivity contribution in [1.29, 1.82) is 0 Å². The fourth-order valence-corrected chi connectivity index (χ4v) is 1.69. The minimum Gasteiger partial charge on any atom is -0.427 e. The van der Waals surface area contributed by atoms with Crippen LogP contribution in [-0.4, -0.2) is 12.2 Å². The van der Waals surface area contributed by atoms with Crippen LogP contribution in [0.3, 0.4) is 0 Å². The molecule has 0 aromatic heterocycles. The molecular weight excluding hydrogens is 238 g/mol. The second kappa shape index (κ2) is 5.96. The first-order chi connectivity index (χ1) is 9.15. The molecule has 0 atom stereocenters. The number of carbonyl (C=O) groups excluding carboxylic acids is 1. The normalized spacial score (nSPS) is 10.6. The van der Waals surface area contributed by atoms with Crippen molar-refractivity contribution in [2.75, 3.05) is 0 Å². The van der Waals surface area contributed by atoms with Crippen molar-refractivity contribution in [2.45, 2.75) is 13.8 Å². The summed E-state index contributed by atoms with van der Waals surface area (Å²) in [6.45, 7) is 3.32. The van der Waals surface area contributed by atoms with Crippen LogP contribution >= 0.6 is 0 Å². The van der Waals surface area contributed by atoms with Crippen molar-refractivity contribution in [3.8, 4) is 5.75 Å². The third kappa shape index (κ3) is 3.78. The molecule has 0 amide bonds. The number of hydrogen-bond acceptors (Lipinski definition) is 3. The highest BCUT2D eigenvalue weighted by Crippen LogP contribution is 2.23. The van der Waals surface area contributed by atoms with E-state index in [4.69, 9.17) is 4.74 Å². The van der Waals surface area contributed by atoms with Gasteiger partial charge >= 0.3 is 5.97 Å². The van der Waals surface area contributed by atoms with Gasteiger partial charge in [0.25, 0.3) is 0 Å². The first-order valence-corrected chi connectivity index (χ1v) is 6.03. The molecule has 2 aromatic rings. The Morgan fingerprint density at radius 1 is 1.16 bits per heavy atom. The number of hydrogen-bond donors (Lipinski definition) is 0. The predicted octanol–water partition coefficient (Wildman–Crippen LogP) is 3.67. The van der Waals surface area contributed by atoms with Crippen molar-refractivity contribution >= 4 is 17.9 Å². The smallest absolute Gasteiger partial charge is 0.308 e. The van der Waals surface area contributed by atoms with Crippen LogP contribution in [0.5, 0.6) is 5.75 Å². The molecule has 0 saturated carbocycles. The van der Waals surface area contributed by atoms with Crippen molar-refractivity contribution in [3.63, 3.8) is 0 Å². The van der Waals surface area contributed by atoms with Gasteiger partial charge in [-0.15, -0.1) is 0 Å². The summed E-state index contributed by atoms with van der Waals surface area (Å²) in [6.07, 6.45) is 1.81. The highest BCUT2D eigenvalue weighted by Gasteiger charge is 2.01. The molecule has 0 aliphatic rings. The zero-order chi connectivity index (χ0) is 13.7. The van der Waals surface area contributed by atoms with Gasteiger partial charge in [0.05, 0.1) is 5.69 Å². The largest absolute Gasteiger partial charge is 0.427 e. The molecule has 0 aliphatic heterocycles. The molecule has 2 aromatic carbocycles. The number of nitrogens with zero attached hydrogens (tertiary/aromatic N) is 1. The van der Waals surface area contributed by atoms with E-state index in [0.717, 1.165) is 16.8 Å². The number of rotatable bonds is 3. The second-order valence-corrected chi connectivity index (χ2v) is 4.21. The molecule has 96 valence electrons. The molecule has 2 rings (SSSR count). The number of aryl methyl sites for hydroxylation is 1. The number of ether oxygens (including phenoxy) is 1. The van der Waals surface area contributed by atoms with E-state index in [1.807, 2.05) is 49.5 Å². The van der Waals surface area contributed by atoms with Crippen molar-refractivity contribution < 1.29 is 9.53 Å². The molecule has 0 bridgehead atoms. The van der Waals surface area contributed by atoms with Crippen LogP contribution in [0.1, 0.15) is 18.1 Å². The highest BCUT2D eigenvalue weighted by atomic mass is 16.5. The molecule has 0 unspecified atom stereocenters. The lowest BCUT2D eigenvalue weighted by molar-refractivity contribution is -0.131. The van der Waals surface area contributed by atoms with Gasteiger partial charge in [-0.3, -0.25) is 9.79 Å². The molecule has 3 heteroatoms. The first-order valence-electron chi connectivity index (χ1n) is 6.03. The fraction of sp³-hybridized carbons (Fsp3) is 0.125. The standard InChI is InChI=1S/C16H15NO2/c1-12-10-15(19-13(2)18)8-9-16(12)17-11-14-6-4-3-5-7-14/h3-11H,1-2H3/b17-11+. The van der Waals surface area contributed by atoms with Crippen molar-refractivity contribution in [2.24, 2.45) is 4.99 Å². The molecule has 3 nitrogen and oxygen atoms in total. The average molecular weight is 253 g/mol. The SMILES string of the molecule is CC(=O)Oc1ccc(/N=C/c2ccccc2)c(C)c1. The lowest BCUT2D eigenvalue weighted by atomic mass is 10.2. The maximum absolute atomic E-state index is 10.9. The molecule has 0 radical (unpaired) electrons. The third-order valence-electron chi connectivity index (χ3n) is 2.58. The zero-order valence-corrected chi connectivity index (χ0v) is 11.0. The Kier molecular flexibility index (Phi) is 4.08. The maximum atomic E-state index is 10.9. The average Bonchev–Trinajstić information content (AvgIpc) is 2.38. The summed E-state index contributed by atoms with van der Waals surface area (Å²) in [4.78, 5) is 15.3. The van der Waals surface area contributed by atoms with E-state index in [2.05, 4.69) is 4.99 Å². The van der Waals surface area contributed by atoms with Gasteiger partial charge in [0.1, 0.15) is 5.75 Å². The monoisotopic (exact) mass is 253 g/mol. The summed E-state index contributed by atoms with van der Waals surface area (Å²) in [7, 11) is 0. The van der Waals surface area contributed by atoms with Crippen molar-refractivity contribution in [1.82, 2.24) is 0 Å². The van der Waals surface area contributed by atoms with E-state index in [1.54, 1.807) is 12.1 Å². The molecule has 0 N–H and O–H groups in total. The summed E-state index contributed by atoms with van der Waals surface area (Å²) in [5.41, 5.74) is 2.87. The maximum Gasteiger partial charge on any atom is 0.308 e. The minimum absolute atomic E-state index is 0.320. The molecule has 0 heterocycles. The number of aliphatic imine (C=N–C) groups is 1. The van der Waals surface area contributed by atoms with Crippen LogP contribution in [0.25, 0.3) is 0 Å². The summed E-state index contributed by atoms with van der Waals surface area (Å²) in [5, 5.41) is 0. The Morgan fingerprint density at radius 3 is 2.53 bits per heavy atom. The highest BCUT2D eigenvalue weighted by molar-refractivity contribution is 5.82. The van der Waals surface area contributed by atoms with Gasteiger partial charge in [-0.25, -0.2) is 0 Å². The van der Waals surface area contributed by atoms with Gasteiger partial charge in [-0.05, 0) is 36.2 Å². The topological polar surface area (TPSA) is 38.7 Å². The van der Waals surface area contributed by atoms with Gasteiger partial charge < -0.3 is 4.74 Å². The van der Waals surface area contributed by atoms with Gasteiger partial charge in [-0.2, -0.15) is 0 Å². The van der Waals surface area contributed by atoms with Crippen LogP contribution in [0, 0.1) is 6.92 Å². The van der Waals surface area contributed by atoms with Crippen LogP contribution in [0.2, 0.25) is 0 Å². The lowest BCUT2D eigenvalue weighted by Crippen LogP contribution is -2.01. The van der Waals surface area contributed by atoms with E-state index < -0.39 is 0 Å². The molecular formula is C16H15NO2. The Hall–Kier alpha value is -2.42. The van der Waals surface area contributed by atoms with Gasteiger partial charge in [0.2, 0.25) is 0 Å². The van der Waals surface area contributed by atoms with Crippen LogP contribution in [-0.2, 0) is 4.79 Å². The van der Waals surface area contributed by atoms with E-state index in [9.17, 15) is 4.79 Å². The molecule has 0 aliphatic carbocycles. The summed E-state index contributed by atoms with van der Waals surface area (Å²) in [5.74, 6) is 0.226. The summed E-state index contributed by atoms with van der Waals surface area (Å²) < 4.78 is 5.02. The molecule has 0 saturated heterocycles. The quantitative estimate of drug-likeness (QED) is 0.475. The van der Waals surface area contributed by atoms with Gasteiger partial charge in [0.15, 0.2) is 0 Å². The van der Waals surface area contributed by atoms with E-state index in [1.165, 1.54) is 6.92 Å². The Morgan fingerprint density at radius 2 is 1.89 bits per heavy atom. The Balaban J connectivity index is 2.18. The van der Waals surface area contributed by atoms with E-state index >= 15 is 0 Å². The van der Waals surface area contributed by atoms with Gasteiger partial charge in [0, 0.05) is 13.1 Å². The minimum atomic E-state index is -0.320. The Labute approximate surface area is 112 Å². The van der Waals surface area contributed by atoms with E-state index in [-0.39, 0.29) is 5.97 Å². The lowest BCUT2D eigenvalue weighted by Gasteiger charge is -2.04. The zero-order valence-electron chi connectivity index (χ0n) is 11.0. The third-order valence-corrected chi connectivity index (χ3v) is 2.58.